The first kappa shape index (κ1) is 33.6. The summed E-state index contributed by atoms with van der Waals surface area (Å²) in [5.41, 5.74) is 15.6. The van der Waals surface area contributed by atoms with Crippen LogP contribution in [0.3, 0.4) is 0 Å². The van der Waals surface area contributed by atoms with Crippen molar-refractivity contribution in [3.8, 4) is 22.3 Å². The first-order valence-electron chi connectivity index (χ1n) is 19.9. The van der Waals surface area contributed by atoms with E-state index >= 15 is 0 Å². The number of thiophene rings is 1. The third kappa shape index (κ3) is 5.51. The van der Waals surface area contributed by atoms with E-state index in [2.05, 4.69) is 217 Å². The Bertz CT molecular complexity index is 2940. The average molecular weight is 746 g/mol. The maximum absolute atomic E-state index is 2.47. The molecule has 1 aromatic heterocycles. The number of hydrogen-bond acceptors (Lipinski definition) is 2. The summed E-state index contributed by atoms with van der Waals surface area (Å²) in [5, 5.41) is 2.64. The summed E-state index contributed by atoms with van der Waals surface area (Å²) < 4.78 is 2.65. The van der Waals surface area contributed by atoms with Gasteiger partial charge in [0.2, 0.25) is 0 Å². The van der Waals surface area contributed by atoms with E-state index in [1.807, 2.05) is 11.3 Å². The molecule has 0 saturated heterocycles. The Morgan fingerprint density at radius 3 is 1.63 bits per heavy atom. The number of rotatable bonds is 7. The fourth-order valence-corrected chi connectivity index (χ4v) is 10.4. The van der Waals surface area contributed by atoms with Crippen molar-refractivity contribution in [1.29, 1.82) is 0 Å². The SMILES string of the molecule is C1=CC(c2ccc(N(c3ccc(-c4ccccc4)cc3)c3ccc(C4(c5ccc6sc7ccccc7c6c5)c5ccccc5-c5ccccc54)cc3)cc2)=CCC1. The molecular weight excluding hydrogens is 707 g/mol. The molecule has 1 heterocycles. The Morgan fingerprint density at radius 1 is 0.421 bits per heavy atom. The van der Waals surface area contributed by atoms with E-state index in [1.165, 1.54) is 75.8 Å². The molecule has 8 aromatic carbocycles. The summed E-state index contributed by atoms with van der Waals surface area (Å²) >= 11 is 1.88. The number of allylic oxidation sites excluding steroid dienone is 4. The lowest BCUT2D eigenvalue weighted by molar-refractivity contribution is 0.770. The predicted octanol–water partition coefficient (Wildman–Crippen LogP) is 15.3. The molecule has 0 aliphatic heterocycles. The molecule has 2 aliphatic rings. The highest BCUT2D eigenvalue weighted by Gasteiger charge is 2.46. The molecule has 0 N–H and O–H groups in total. The molecule has 0 atom stereocenters. The summed E-state index contributed by atoms with van der Waals surface area (Å²) in [5.74, 6) is 0. The highest BCUT2D eigenvalue weighted by Crippen LogP contribution is 2.57. The van der Waals surface area contributed by atoms with E-state index in [0.717, 1.165) is 29.9 Å². The standard InChI is InChI=1S/C55H39NS/c1-3-13-38(14-4-1)40-23-30-44(31-24-40)56(45-32-25-41(26-33-45)39-15-5-2-6-16-39)46-34-27-42(28-35-46)55(51-20-10-7-17-47(51)48-18-8-11-21-52(48)55)43-29-36-54-50(37-43)49-19-9-12-22-53(49)57-54/h1,3-5,7-37H,2,6H2. The monoisotopic (exact) mass is 745 g/mol. The number of benzene rings is 8. The Hall–Kier alpha value is -6.74. The molecule has 11 rings (SSSR count). The summed E-state index contributed by atoms with van der Waals surface area (Å²) in [6, 6.07) is 72.1. The summed E-state index contributed by atoms with van der Waals surface area (Å²) in [6.45, 7) is 0. The van der Waals surface area contributed by atoms with Crippen molar-refractivity contribution in [3.05, 3.63) is 240 Å². The van der Waals surface area contributed by atoms with Gasteiger partial charge in [-0.2, -0.15) is 0 Å². The largest absolute Gasteiger partial charge is 0.311 e. The van der Waals surface area contributed by atoms with Gasteiger partial charge >= 0.3 is 0 Å². The van der Waals surface area contributed by atoms with Gasteiger partial charge in [0, 0.05) is 37.2 Å². The second kappa shape index (κ2) is 13.8. The Labute approximate surface area is 338 Å². The Kier molecular flexibility index (Phi) is 8.12. The molecule has 270 valence electrons. The third-order valence-corrected chi connectivity index (χ3v) is 13.2. The van der Waals surface area contributed by atoms with Crippen LogP contribution in [0.2, 0.25) is 0 Å². The van der Waals surface area contributed by atoms with Crippen molar-refractivity contribution >= 4 is 54.1 Å². The lowest BCUT2D eigenvalue weighted by atomic mass is 9.67. The number of anilines is 3. The van der Waals surface area contributed by atoms with Gasteiger partial charge in [0.1, 0.15) is 0 Å². The molecule has 0 bridgehead atoms. The van der Waals surface area contributed by atoms with E-state index in [0.29, 0.717) is 0 Å². The average Bonchev–Trinajstić information content (AvgIpc) is 3.81. The lowest BCUT2D eigenvalue weighted by Crippen LogP contribution is -2.28. The molecule has 2 aliphatic carbocycles. The Balaban J connectivity index is 1.08. The van der Waals surface area contributed by atoms with Crippen LogP contribution in [-0.2, 0) is 5.41 Å². The molecule has 0 saturated carbocycles. The van der Waals surface area contributed by atoms with E-state index in [1.54, 1.807) is 0 Å². The van der Waals surface area contributed by atoms with Crippen LogP contribution in [0.25, 0.3) is 48.0 Å². The molecule has 1 nitrogen and oxygen atoms in total. The van der Waals surface area contributed by atoms with Gasteiger partial charge < -0.3 is 4.90 Å². The summed E-state index contributed by atoms with van der Waals surface area (Å²) in [7, 11) is 0. The van der Waals surface area contributed by atoms with E-state index in [-0.39, 0.29) is 0 Å². The first-order chi connectivity index (χ1) is 28.3. The van der Waals surface area contributed by atoms with Crippen molar-refractivity contribution in [2.45, 2.75) is 18.3 Å². The van der Waals surface area contributed by atoms with Gasteiger partial charge in [0.25, 0.3) is 0 Å². The van der Waals surface area contributed by atoms with Gasteiger partial charge in [-0.1, -0.05) is 158 Å². The molecule has 57 heavy (non-hydrogen) atoms. The molecule has 0 unspecified atom stereocenters. The fourth-order valence-electron chi connectivity index (χ4n) is 9.35. The van der Waals surface area contributed by atoms with Crippen LogP contribution in [-0.4, -0.2) is 0 Å². The summed E-state index contributed by atoms with van der Waals surface area (Å²) in [4.78, 5) is 2.39. The van der Waals surface area contributed by atoms with Crippen LogP contribution in [0.15, 0.2) is 212 Å². The van der Waals surface area contributed by atoms with Crippen molar-refractivity contribution in [2.24, 2.45) is 0 Å². The van der Waals surface area contributed by atoms with Crippen molar-refractivity contribution in [3.63, 3.8) is 0 Å². The van der Waals surface area contributed by atoms with E-state index < -0.39 is 5.41 Å². The second-order valence-corrected chi connectivity index (χ2v) is 16.2. The van der Waals surface area contributed by atoms with Gasteiger partial charge in [-0.15, -0.1) is 11.3 Å². The van der Waals surface area contributed by atoms with E-state index in [9.17, 15) is 0 Å². The third-order valence-electron chi connectivity index (χ3n) is 12.0. The highest BCUT2D eigenvalue weighted by molar-refractivity contribution is 7.25. The molecule has 0 fully saturated rings. The zero-order valence-electron chi connectivity index (χ0n) is 31.5. The molecule has 2 heteroatoms. The lowest BCUT2D eigenvalue weighted by Gasteiger charge is -2.34. The fraction of sp³-hybridized carbons (Fsp3) is 0.0545. The van der Waals surface area contributed by atoms with Crippen LogP contribution in [0.4, 0.5) is 17.1 Å². The highest BCUT2D eigenvalue weighted by atomic mass is 32.1. The number of fused-ring (bicyclic) bond motifs is 6. The Morgan fingerprint density at radius 2 is 0.965 bits per heavy atom. The van der Waals surface area contributed by atoms with Crippen LogP contribution in [0.1, 0.15) is 40.7 Å². The number of hydrogen-bond donors (Lipinski definition) is 0. The van der Waals surface area contributed by atoms with E-state index in [4.69, 9.17) is 0 Å². The molecule has 0 spiro atoms. The van der Waals surface area contributed by atoms with Gasteiger partial charge in [0.05, 0.1) is 5.41 Å². The van der Waals surface area contributed by atoms with Crippen molar-refractivity contribution < 1.29 is 0 Å². The minimum absolute atomic E-state index is 0.492. The van der Waals surface area contributed by atoms with Gasteiger partial charge in [-0.05, 0) is 123 Å². The topological polar surface area (TPSA) is 3.24 Å². The van der Waals surface area contributed by atoms with Gasteiger partial charge in [-0.3, -0.25) is 0 Å². The van der Waals surface area contributed by atoms with Crippen LogP contribution in [0.5, 0.6) is 0 Å². The second-order valence-electron chi connectivity index (χ2n) is 15.1. The van der Waals surface area contributed by atoms with Crippen LogP contribution in [0, 0.1) is 0 Å². The minimum atomic E-state index is -0.492. The van der Waals surface area contributed by atoms with Crippen molar-refractivity contribution in [1.82, 2.24) is 0 Å². The zero-order valence-corrected chi connectivity index (χ0v) is 32.3. The number of nitrogens with zero attached hydrogens (tertiary/aromatic N) is 1. The maximum atomic E-state index is 2.47. The predicted molar refractivity (Wildman–Crippen MR) is 243 cm³/mol. The molecule has 0 radical (unpaired) electrons. The summed E-state index contributed by atoms with van der Waals surface area (Å²) in [6.07, 6.45) is 9.09. The van der Waals surface area contributed by atoms with Gasteiger partial charge in [0.15, 0.2) is 0 Å². The quantitative estimate of drug-likeness (QED) is 0.157. The van der Waals surface area contributed by atoms with Gasteiger partial charge in [-0.25, -0.2) is 0 Å². The van der Waals surface area contributed by atoms with Crippen LogP contribution < -0.4 is 4.90 Å². The smallest absolute Gasteiger partial charge is 0.0713 e. The first-order valence-corrected chi connectivity index (χ1v) is 20.7. The molecular formula is C55H39NS. The molecule has 9 aromatic rings. The normalized spacial score (nSPS) is 14.0. The van der Waals surface area contributed by atoms with Crippen molar-refractivity contribution in [2.75, 3.05) is 4.90 Å². The zero-order chi connectivity index (χ0) is 37.8. The minimum Gasteiger partial charge on any atom is -0.311 e. The van der Waals surface area contributed by atoms with Crippen LogP contribution >= 0.6 is 11.3 Å². The maximum Gasteiger partial charge on any atom is 0.0713 e. The molecule has 0 amide bonds.